The third-order valence-electron chi connectivity index (χ3n) is 4.49. The van der Waals surface area contributed by atoms with Gasteiger partial charge in [0.15, 0.2) is 0 Å². The topological polar surface area (TPSA) is 30.5 Å². The van der Waals surface area contributed by atoms with Crippen molar-refractivity contribution < 1.29 is 9.47 Å². The Morgan fingerprint density at radius 2 is 1.56 bits per heavy atom. The molecular weight excluding hydrogens is 358 g/mol. The van der Waals surface area contributed by atoms with E-state index in [1.54, 1.807) is 7.11 Å². The standard InChI is InChI=1S/C23H32ClNO2/c1-22(2,3)16-8-10-20(18(14-16)23(4,5)6)27-13-12-25-17-9-11-21(26-7)19(24)15-17/h8-11,14-15,25H,12-13H2,1-7H3. The van der Waals surface area contributed by atoms with Gasteiger partial charge in [-0.05, 0) is 46.2 Å². The van der Waals surface area contributed by atoms with Gasteiger partial charge < -0.3 is 14.8 Å². The fourth-order valence-electron chi connectivity index (χ4n) is 2.84. The van der Waals surface area contributed by atoms with Crippen molar-refractivity contribution >= 4 is 17.3 Å². The smallest absolute Gasteiger partial charge is 0.137 e. The number of nitrogens with one attached hydrogen (secondary N) is 1. The highest BCUT2D eigenvalue weighted by Crippen LogP contribution is 2.35. The molecule has 0 atom stereocenters. The van der Waals surface area contributed by atoms with Crippen LogP contribution in [0.1, 0.15) is 52.7 Å². The molecule has 27 heavy (non-hydrogen) atoms. The first-order valence-corrected chi connectivity index (χ1v) is 9.75. The van der Waals surface area contributed by atoms with Crippen LogP contribution in [-0.2, 0) is 10.8 Å². The second-order valence-corrected chi connectivity index (χ2v) is 9.24. The summed E-state index contributed by atoms with van der Waals surface area (Å²) >= 11 is 6.16. The van der Waals surface area contributed by atoms with Gasteiger partial charge in [-0.2, -0.15) is 0 Å². The molecule has 3 nitrogen and oxygen atoms in total. The summed E-state index contributed by atoms with van der Waals surface area (Å²) in [6.07, 6.45) is 0. The molecule has 0 unspecified atom stereocenters. The molecule has 0 amide bonds. The summed E-state index contributed by atoms with van der Waals surface area (Å²) in [4.78, 5) is 0. The Kier molecular flexibility index (Phi) is 6.69. The van der Waals surface area contributed by atoms with Crippen LogP contribution in [0, 0.1) is 0 Å². The number of halogens is 1. The third-order valence-corrected chi connectivity index (χ3v) is 4.79. The van der Waals surface area contributed by atoms with Crippen LogP contribution in [-0.4, -0.2) is 20.3 Å². The van der Waals surface area contributed by atoms with Crippen LogP contribution in [0.5, 0.6) is 11.5 Å². The summed E-state index contributed by atoms with van der Waals surface area (Å²) in [5, 5.41) is 3.93. The fourth-order valence-corrected chi connectivity index (χ4v) is 3.10. The summed E-state index contributed by atoms with van der Waals surface area (Å²) in [5.41, 5.74) is 3.65. The highest BCUT2D eigenvalue weighted by Gasteiger charge is 2.23. The van der Waals surface area contributed by atoms with Crippen molar-refractivity contribution in [3.63, 3.8) is 0 Å². The van der Waals surface area contributed by atoms with Crippen molar-refractivity contribution in [1.29, 1.82) is 0 Å². The van der Waals surface area contributed by atoms with Crippen molar-refractivity contribution in [3.05, 3.63) is 52.5 Å². The van der Waals surface area contributed by atoms with Gasteiger partial charge in [0, 0.05) is 12.2 Å². The largest absolute Gasteiger partial charge is 0.495 e. The Labute approximate surface area is 169 Å². The van der Waals surface area contributed by atoms with Gasteiger partial charge in [0.1, 0.15) is 18.1 Å². The van der Waals surface area contributed by atoms with E-state index in [2.05, 4.69) is 65.1 Å². The second-order valence-electron chi connectivity index (χ2n) is 8.84. The van der Waals surface area contributed by atoms with Crippen LogP contribution < -0.4 is 14.8 Å². The number of benzene rings is 2. The summed E-state index contributed by atoms with van der Waals surface area (Å²) in [5.74, 6) is 1.62. The first-order chi connectivity index (χ1) is 12.5. The van der Waals surface area contributed by atoms with E-state index in [4.69, 9.17) is 21.1 Å². The molecular formula is C23H32ClNO2. The third kappa shape index (κ3) is 5.80. The minimum absolute atomic E-state index is 0.0214. The molecule has 0 aliphatic heterocycles. The number of hydrogen-bond acceptors (Lipinski definition) is 3. The number of rotatable bonds is 6. The lowest BCUT2D eigenvalue weighted by molar-refractivity contribution is 0.322. The van der Waals surface area contributed by atoms with Crippen molar-refractivity contribution in [2.24, 2.45) is 0 Å². The van der Waals surface area contributed by atoms with Gasteiger partial charge in [0.05, 0.1) is 12.1 Å². The molecule has 0 radical (unpaired) electrons. The lowest BCUT2D eigenvalue weighted by Crippen LogP contribution is -2.19. The summed E-state index contributed by atoms with van der Waals surface area (Å²) in [7, 11) is 1.61. The predicted molar refractivity (Wildman–Crippen MR) is 116 cm³/mol. The Morgan fingerprint density at radius 1 is 0.889 bits per heavy atom. The SMILES string of the molecule is COc1ccc(NCCOc2ccc(C(C)(C)C)cc2C(C)(C)C)cc1Cl. The highest BCUT2D eigenvalue weighted by atomic mass is 35.5. The van der Waals surface area contributed by atoms with Gasteiger partial charge >= 0.3 is 0 Å². The average Bonchev–Trinajstić information content (AvgIpc) is 2.57. The normalized spacial score (nSPS) is 12.0. The molecule has 148 valence electrons. The maximum atomic E-state index is 6.16. The van der Waals surface area contributed by atoms with E-state index in [1.165, 1.54) is 11.1 Å². The number of hydrogen-bond donors (Lipinski definition) is 1. The maximum absolute atomic E-state index is 6.16. The quantitative estimate of drug-likeness (QED) is 0.577. The first-order valence-electron chi connectivity index (χ1n) is 9.37. The minimum atomic E-state index is 0.0214. The summed E-state index contributed by atoms with van der Waals surface area (Å²) < 4.78 is 11.3. The second kappa shape index (κ2) is 8.43. The molecule has 0 bridgehead atoms. The Balaban J connectivity index is 2.04. The lowest BCUT2D eigenvalue weighted by atomic mass is 9.80. The van der Waals surface area contributed by atoms with E-state index < -0.39 is 0 Å². The number of methoxy groups -OCH3 is 1. The maximum Gasteiger partial charge on any atom is 0.137 e. The molecule has 2 aromatic carbocycles. The lowest BCUT2D eigenvalue weighted by Gasteiger charge is -2.27. The van der Waals surface area contributed by atoms with Crippen LogP contribution >= 0.6 is 11.6 Å². The van der Waals surface area contributed by atoms with Crippen molar-refractivity contribution in [1.82, 2.24) is 0 Å². The molecule has 2 aromatic rings. The number of anilines is 1. The Hall–Kier alpha value is -1.87. The molecule has 1 N–H and O–H groups in total. The van der Waals surface area contributed by atoms with Gasteiger partial charge in [-0.1, -0.05) is 65.3 Å². The zero-order valence-electron chi connectivity index (χ0n) is 17.6. The van der Waals surface area contributed by atoms with Gasteiger partial charge in [0.2, 0.25) is 0 Å². The van der Waals surface area contributed by atoms with Crippen LogP contribution in [0.15, 0.2) is 36.4 Å². The van der Waals surface area contributed by atoms with Gasteiger partial charge in [-0.15, -0.1) is 0 Å². The van der Waals surface area contributed by atoms with E-state index in [0.29, 0.717) is 23.9 Å². The van der Waals surface area contributed by atoms with Crippen LogP contribution in [0.25, 0.3) is 0 Å². The molecule has 0 aliphatic carbocycles. The van der Waals surface area contributed by atoms with E-state index in [9.17, 15) is 0 Å². The molecule has 0 spiro atoms. The molecule has 2 rings (SSSR count). The van der Waals surface area contributed by atoms with E-state index in [-0.39, 0.29) is 10.8 Å². The summed E-state index contributed by atoms with van der Waals surface area (Å²) in [6, 6.07) is 12.2. The molecule has 0 aromatic heterocycles. The van der Waals surface area contributed by atoms with Crippen molar-refractivity contribution in [2.75, 3.05) is 25.6 Å². The van der Waals surface area contributed by atoms with Crippen LogP contribution in [0.2, 0.25) is 5.02 Å². The Bertz CT molecular complexity index is 773. The van der Waals surface area contributed by atoms with Gasteiger partial charge in [-0.25, -0.2) is 0 Å². The van der Waals surface area contributed by atoms with Crippen LogP contribution in [0.4, 0.5) is 5.69 Å². The molecule has 0 fully saturated rings. The fraction of sp³-hybridized carbons (Fsp3) is 0.478. The van der Waals surface area contributed by atoms with E-state index >= 15 is 0 Å². The van der Waals surface area contributed by atoms with E-state index in [1.807, 2.05) is 18.2 Å². The molecule has 0 heterocycles. The predicted octanol–water partition coefficient (Wildman–Crippen LogP) is 6.43. The highest BCUT2D eigenvalue weighted by molar-refractivity contribution is 6.32. The van der Waals surface area contributed by atoms with E-state index in [0.717, 1.165) is 11.4 Å². The molecule has 0 aliphatic rings. The zero-order chi connectivity index (χ0) is 20.2. The van der Waals surface area contributed by atoms with Crippen molar-refractivity contribution in [2.45, 2.75) is 52.4 Å². The number of ether oxygens (including phenoxy) is 2. The molecule has 4 heteroatoms. The minimum Gasteiger partial charge on any atom is -0.495 e. The first kappa shape index (κ1) is 21.4. The monoisotopic (exact) mass is 389 g/mol. The molecule has 0 saturated heterocycles. The van der Waals surface area contributed by atoms with Crippen LogP contribution in [0.3, 0.4) is 0 Å². The van der Waals surface area contributed by atoms with Crippen molar-refractivity contribution in [3.8, 4) is 11.5 Å². The zero-order valence-corrected chi connectivity index (χ0v) is 18.3. The van der Waals surface area contributed by atoms with Gasteiger partial charge in [-0.3, -0.25) is 0 Å². The molecule has 0 saturated carbocycles. The Morgan fingerprint density at radius 3 is 2.11 bits per heavy atom. The summed E-state index contributed by atoms with van der Waals surface area (Å²) in [6.45, 7) is 14.6. The average molecular weight is 390 g/mol. The van der Waals surface area contributed by atoms with Gasteiger partial charge in [0.25, 0.3) is 0 Å².